The lowest BCUT2D eigenvalue weighted by Crippen LogP contribution is -2.55. The molecule has 1 aliphatic heterocycles. The number of nitrogen functional groups attached to an aromatic ring is 1. The first-order valence-electron chi connectivity index (χ1n) is 6.33. The average molecular weight is 281 g/mol. The molecule has 2 rings (SSSR count). The molecule has 0 bridgehead atoms. The third-order valence-corrected chi connectivity index (χ3v) is 3.00. The van der Waals surface area contributed by atoms with E-state index in [4.69, 9.17) is 10.6 Å². The van der Waals surface area contributed by atoms with Gasteiger partial charge in [-0.25, -0.2) is 5.84 Å². The lowest BCUT2D eigenvalue weighted by Gasteiger charge is -2.42. The van der Waals surface area contributed by atoms with E-state index < -0.39 is 5.60 Å². The highest BCUT2D eigenvalue weighted by Gasteiger charge is 2.36. The lowest BCUT2D eigenvalue weighted by molar-refractivity contribution is -0.139. The number of hydrogen-bond acceptors (Lipinski definition) is 7. The molecule has 8 heteroatoms. The number of nitrogens with zero attached hydrogens (tertiary/aromatic N) is 3. The molecule has 1 aliphatic rings. The molecule has 1 atom stereocenters. The summed E-state index contributed by atoms with van der Waals surface area (Å²) in [5.74, 6) is 5.34. The van der Waals surface area contributed by atoms with Crippen LogP contribution >= 0.6 is 0 Å². The maximum atomic E-state index is 12.4. The van der Waals surface area contributed by atoms with Crippen LogP contribution in [0, 0.1) is 0 Å². The number of carbonyl (C=O) groups excluding carboxylic acids is 1. The van der Waals surface area contributed by atoms with Crippen molar-refractivity contribution in [3.05, 3.63) is 17.8 Å². The van der Waals surface area contributed by atoms with Gasteiger partial charge in [-0.2, -0.15) is 0 Å². The molecule has 0 saturated carbocycles. The van der Waals surface area contributed by atoms with Crippen LogP contribution in [0.5, 0.6) is 0 Å². The number of anilines is 1. The van der Waals surface area contributed by atoms with Crippen LogP contribution in [0.15, 0.2) is 12.1 Å². The second kappa shape index (κ2) is 5.70. The highest BCUT2D eigenvalue weighted by molar-refractivity contribution is 5.92. The first-order valence-corrected chi connectivity index (χ1v) is 6.33. The topological polar surface area (TPSA) is 114 Å². The van der Waals surface area contributed by atoms with Crippen LogP contribution in [0.4, 0.5) is 5.82 Å². The normalized spacial score (nSPS) is 21.6. The molecule has 2 heterocycles. The number of aromatic nitrogens is 2. The maximum Gasteiger partial charge on any atom is 0.274 e. The van der Waals surface area contributed by atoms with Crippen LogP contribution < -0.4 is 11.3 Å². The molecule has 0 aliphatic carbocycles. The first-order chi connectivity index (χ1) is 9.45. The summed E-state index contributed by atoms with van der Waals surface area (Å²) in [5, 5.41) is 16.9. The minimum absolute atomic E-state index is 0.130. The minimum Gasteiger partial charge on any atom is -0.394 e. The molecule has 1 saturated heterocycles. The van der Waals surface area contributed by atoms with E-state index in [1.807, 2.05) is 13.8 Å². The molecule has 0 radical (unpaired) electrons. The van der Waals surface area contributed by atoms with E-state index in [9.17, 15) is 9.90 Å². The Kier molecular flexibility index (Phi) is 4.17. The van der Waals surface area contributed by atoms with Crippen molar-refractivity contribution in [2.75, 3.05) is 25.1 Å². The Bertz CT molecular complexity index is 476. The van der Waals surface area contributed by atoms with E-state index in [1.165, 1.54) is 0 Å². The third kappa shape index (κ3) is 3.21. The third-order valence-electron chi connectivity index (χ3n) is 3.00. The molecule has 0 spiro atoms. The van der Waals surface area contributed by atoms with Crippen LogP contribution in [0.25, 0.3) is 0 Å². The fourth-order valence-corrected chi connectivity index (χ4v) is 2.23. The molecular weight excluding hydrogens is 262 g/mol. The Hall–Kier alpha value is -1.77. The lowest BCUT2D eigenvalue weighted by atomic mass is 10.0. The van der Waals surface area contributed by atoms with E-state index in [0.717, 1.165) is 0 Å². The Morgan fingerprint density at radius 3 is 2.90 bits per heavy atom. The Balaban J connectivity index is 2.14. The predicted octanol–water partition coefficient (Wildman–Crippen LogP) is -0.626. The van der Waals surface area contributed by atoms with Gasteiger partial charge in [0.2, 0.25) is 0 Å². The molecule has 1 aromatic heterocycles. The van der Waals surface area contributed by atoms with Gasteiger partial charge in [0, 0.05) is 13.1 Å². The predicted molar refractivity (Wildman–Crippen MR) is 71.8 cm³/mol. The fourth-order valence-electron chi connectivity index (χ4n) is 2.23. The number of rotatable bonds is 3. The van der Waals surface area contributed by atoms with Crippen molar-refractivity contribution in [3.8, 4) is 0 Å². The van der Waals surface area contributed by atoms with E-state index >= 15 is 0 Å². The number of aliphatic hydroxyl groups excluding tert-OH is 1. The zero-order chi connectivity index (χ0) is 14.8. The van der Waals surface area contributed by atoms with Crippen molar-refractivity contribution in [2.45, 2.75) is 25.6 Å². The van der Waals surface area contributed by atoms with Gasteiger partial charge in [0.05, 0.1) is 18.3 Å². The largest absolute Gasteiger partial charge is 0.394 e. The molecule has 1 unspecified atom stereocenters. The highest BCUT2D eigenvalue weighted by atomic mass is 16.5. The van der Waals surface area contributed by atoms with E-state index in [0.29, 0.717) is 18.9 Å². The molecule has 1 amide bonds. The van der Waals surface area contributed by atoms with Crippen LogP contribution in [0.2, 0.25) is 0 Å². The van der Waals surface area contributed by atoms with Crippen LogP contribution in [-0.2, 0) is 4.74 Å². The maximum absolute atomic E-state index is 12.4. The zero-order valence-corrected chi connectivity index (χ0v) is 11.5. The number of amides is 1. The van der Waals surface area contributed by atoms with Crippen molar-refractivity contribution in [3.63, 3.8) is 0 Å². The minimum atomic E-state index is -0.506. The number of aliphatic hydroxyl groups is 1. The summed E-state index contributed by atoms with van der Waals surface area (Å²) < 4.78 is 5.67. The van der Waals surface area contributed by atoms with Crippen molar-refractivity contribution < 1.29 is 14.6 Å². The summed E-state index contributed by atoms with van der Waals surface area (Å²) in [4.78, 5) is 14.0. The number of nitrogens with one attached hydrogen (secondary N) is 1. The standard InChI is InChI=1S/C12H19N5O3/c1-12(2)7-17(5-8(6-18)20-12)11(19)9-3-4-10(14-13)16-15-9/h3-4,8,18H,5-7,13H2,1-2H3,(H,14,16). The summed E-state index contributed by atoms with van der Waals surface area (Å²) in [6.45, 7) is 4.39. The van der Waals surface area contributed by atoms with Gasteiger partial charge in [-0.3, -0.25) is 4.79 Å². The summed E-state index contributed by atoms with van der Waals surface area (Å²) >= 11 is 0. The van der Waals surface area contributed by atoms with Crippen LogP contribution in [0.1, 0.15) is 24.3 Å². The quantitative estimate of drug-likeness (QED) is 0.499. The van der Waals surface area contributed by atoms with Crippen molar-refractivity contribution in [1.29, 1.82) is 0 Å². The fraction of sp³-hybridized carbons (Fsp3) is 0.583. The molecule has 20 heavy (non-hydrogen) atoms. The van der Waals surface area contributed by atoms with E-state index in [1.54, 1.807) is 17.0 Å². The second-order valence-electron chi connectivity index (χ2n) is 5.32. The summed E-state index contributed by atoms with van der Waals surface area (Å²) in [7, 11) is 0. The Labute approximate surface area is 116 Å². The molecule has 0 aromatic carbocycles. The molecule has 1 aromatic rings. The highest BCUT2D eigenvalue weighted by Crippen LogP contribution is 2.22. The summed E-state index contributed by atoms with van der Waals surface area (Å²) in [6, 6.07) is 3.14. The van der Waals surface area contributed by atoms with Gasteiger partial charge in [0.15, 0.2) is 11.5 Å². The van der Waals surface area contributed by atoms with Crippen molar-refractivity contribution in [2.24, 2.45) is 5.84 Å². The number of carbonyl (C=O) groups is 1. The Morgan fingerprint density at radius 1 is 1.60 bits per heavy atom. The molecule has 110 valence electrons. The van der Waals surface area contributed by atoms with E-state index in [2.05, 4.69) is 15.6 Å². The van der Waals surface area contributed by atoms with Crippen molar-refractivity contribution in [1.82, 2.24) is 15.1 Å². The first kappa shape index (κ1) is 14.6. The second-order valence-corrected chi connectivity index (χ2v) is 5.32. The summed E-state index contributed by atoms with van der Waals surface area (Å²) in [6.07, 6.45) is -0.388. The van der Waals surface area contributed by atoms with Crippen LogP contribution in [0.3, 0.4) is 0 Å². The number of ether oxygens (including phenoxy) is 1. The van der Waals surface area contributed by atoms with Crippen molar-refractivity contribution >= 4 is 11.7 Å². The van der Waals surface area contributed by atoms with Gasteiger partial charge in [0.25, 0.3) is 5.91 Å². The van der Waals surface area contributed by atoms with Gasteiger partial charge >= 0.3 is 0 Å². The average Bonchev–Trinajstić information content (AvgIpc) is 2.44. The van der Waals surface area contributed by atoms with Gasteiger partial charge < -0.3 is 20.2 Å². The monoisotopic (exact) mass is 281 g/mol. The number of morpholine rings is 1. The summed E-state index contributed by atoms with van der Waals surface area (Å²) in [5.41, 5.74) is 2.08. The SMILES string of the molecule is CC1(C)CN(C(=O)c2ccc(NN)nn2)CC(CO)O1. The molecular formula is C12H19N5O3. The van der Waals surface area contributed by atoms with Crippen LogP contribution in [-0.4, -0.2) is 57.5 Å². The molecule has 1 fully saturated rings. The molecule has 8 nitrogen and oxygen atoms in total. The number of nitrogens with two attached hydrogens (primary N) is 1. The van der Waals surface area contributed by atoms with E-state index in [-0.39, 0.29) is 24.3 Å². The van der Waals surface area contributed by atoms with Gasteiger partial charge in [-0.15, -0.1) is 10.2 Å². The Morgan fingerprint density at radius 2 is 2.35 bits per heavy atom. The van der Waals surface area contributed by atoms with Gasteiger partial charge in [0.1, 0.15) is 0 Å². The number of hydrogen-bond donors (Lipinski definition) is 3. The van der Waals surface area contributed by atoms with Gasteiger partial charge in [-0.1, -0.05) is 0 Å². The zero-order valence-electron chi connectivity index (χ0n) is 11.5. The molecule has 4 N–H and O–H groups in total. The van der Waals surface area contributed by atoms with Gasteiger partial charge in [-0.05, 0) is 26.0 Å². The smallest absolute Gasteiger partial charge is 0.274 e. The number of hydrazine groups is 1.